The van der Waals surface area contributed by atoms with Crippen LogP contribution in [-0.2, 0) is 6.42 Å². The smallest absolute Gasteiger partial charge is 0.192 e. The van der Waals surface area contributed by atoms with Crippen LogP contribution < -0.4 is 10.2 Å². The van der Waals surface area contributed by atoms with Gasteiger partial charge in [-0.3, -0.25) is 4.79 Å². The van der Waals surface area contributed by atoms with Crippen molar-refractivity contribution in [2.24, 2.45) is 0 Å². The third-order valence-electron chi connectivity index (χ3n) is 3.42. The fraction of sp³-hybridized carbons (Fsp3) is 0.471. The molecular formula is C17H21BrO3. The number of hydrogen-bond acceptors (Lipinski definition) is 3. The van der Waals surface area contributed by atoms with Gasteiger partial charge in [0.2, 0.25) is 0 Å². The Morgan fingerprint density at radius 2 is 2.05 bits per heavy atom. The number of halogens is 1. The predicted octanol–water partition coefficient (Wildman–Crippen LogP) is 4.69. The van der Waals surface area contributed by atoms with Crippen molar-refractivity contribution in [3.05, 3.63) is 40.2 Å². The minimum Gasteiger partial charge on any atom is -0.493 e. The van der Waals surface area contributed by atoms with Crippen molar-refractivity contribution in [1.29, 1.82) is 0 Å². The summed E-state index contributed by atoms with van der Waals surface area (Å²) >= 11 is 3.43. The Hall–Kier alpha value is -1.29. The van der Waals surface area contributed by atoms with Gasteiger partial charge in [0.1, 0.15) is 11.3 Å². The number of alkyl halides is 1. The second-order valence-electron chi connectivity index (χ2n) is 5.05. The highest BCUT2D eigenvalue weighted by Gasteiger charge is 2.12. The summed E-state index contributed by atoms with van der Waals surface area (Å²) in [6.45, 7) is 2.81. The molecule has 114 valence electrons. The van der Waals surface area contributed by atoms with Crippen LogP contribution in [0, 0.1) is 0 Å². The second kappa shape index (κ2) is 8.23. The molecule has 0 radical (unpaired) electrons. The van der Waals surface area contributed by atoms with Crippen molar-refractivity contribution in [3.8, 4) is 5.75 Å². The normalized spacial score (nSPS) is 11.0. The van der Waals surface area contributed by atoms with Crippen LogP contribution in [0.25, 0.3) is 11.0 Å². The van der Waals surface area contributed by atoms with Crippen LogP contribution in [0.5, 0.6) is 5.75 Å². The van der Waals surface area contributed by atoms with Gasteiger partial charge >= 0.3 is 0 Å². The maximum absolute atomic E-state index is 11.9. The van der Waals surface area contributed by atoms with E-state index in [0.717, 1.165) is 48.7 Å². The lowest BCUT2D eigenvalue weighted by Gasteiger charge is -2.12. The molecule has 2 rings (SSSR count). The first kappa shape index (κ1) is 16.1. The van der Waals surface area contributed by atoms with Crippen LogP contribution in [-0.4, -0.2) is 11.9 Å². The maximum Gasteiger partial charge on any atom is 0.192 e. The summed E-state index contributed by atoms with van der Waals surface area (Å²) < 4.78 is 11.5. The van der Waals surface area contributed by atoms with Crippen LogP contribution in [0.4, 0.5) is 0 Å². The Morgan fingerprint density at radius 1 is 1.19 bits per heavy atom. The Bertz CT molecular complexity index is 633. The van der Waals surface area contributed by atoms with Gasteiger partial charge in [0, 0.05) is 17.0 Å². The van der Waals surface area contributed by atoms with E-state index in [2.05, 4.69) is 22.9 Å². The summed E-state index contributed by atoms with van der Waals surface area (Å²) in [5.74, 6) is 0.845. The van der Waals surface area contributed by atoms with Crippen LogP contribution in [0.2, 0.25) is 0 Å². The molecule has 1 aromatic heterocycles. The lowest BCUT2D eigenvalue weighted by Crippen LogP contribution is -2.04. The molecule has 4 heteroatoms. The van der Waals surface area contributed by atoms with Crippen molar-refractivity contribution in [2.75, 3.05) is 11.9 Å². The Labute approximate surface area is 133 Å². The van der Waals surface area contributed by atoms with Crippen molar-refractivity contribution in [3.63, 3.8) is 0 Å². The minimum absolute atomic E-state index is 0.00234. The molecule has 0 aliphatic carbocycles. The van der Waals surface area contributed by atoms with E-state index in [9.17, 15) is 4.79 Å². The standard InChI is InChI=1S/C17H21BrO3/c1-2-6-14-16(20-11-5-3-4-10-18)8-7-13-15(19)9-12-21-17(13)14/h7-9,12H,2-6,10-11H2,1H3. The number of benzene rings is 1. The van der Waals surface area contributed by atoms with E-state index >= 15 is 0 Å². The SMILES string of the molecule is CCCc1c(OCCCCCBr)ccc2c(=O)ccoc12. The number of unbranched alkanes of at least 4 members (excludes halogenated alkanes) is 2. The van der Waals surface area contributed by atoms with E-state index in [4.69, 9.17) is 9.15 Å². The van der Waals surface area contributed by atoms with E-state index in [1.54, 1.807) is 6.07 Å². The zero-order valence-corrected chi connectivity index (χ0v) is 13.9. The predicted molar refractivity (Wildman–Crippen MR) is 89.6 cm³/mol. The number of rotatable bonds is 8. The quantitative estimate of drug-likeness (QED) is 0.511. The van der Waals surface area contributed by atoms with Gasteiger partial charge in [-0.05, 0) is 37.8 Å². The largest absolute Gasteiger partial charge is 0.493 e. The number of ether oxygens (including phenoxy) is 1. The van der Waals surface area contributed by atoms with Gasteiger partial charge in [-0.15, -0.1) is 0 Å². The van der Waals surface area contributed by atoms with Gasteiger partial charge in [-0.1, -0.05) is 29.3 Å². The summed E-state index contributed by atoms with van der Waals surface area (Å²) in [7, 11) is 0. The summed E-state index contributed by atoms with van der Waals surface area (Å²) in [6.07, 6.45) is 6.64. The summed E-state index contributed by atoms with van der Waals surface area (Å²) in [5.41, 5.74) is 1.67. The Balaban J connectivity index is 2.22. The van der Waals surface area contributed by atoms with Gasteiger partial charge < -0.3 is 9.15 Å². The average molecular weight is 353 g/mol. The van der Waals surface area contributed by atoms with Crippen molar-refractivity contribution >= 4 is 26.9 Å². The zero-order valence-electron chi connectivity index (χ0n) is 12.4. The number of hydrogen-bond donors (Lipinski definition) is 0. The Kier molecular flexibility index (Phi) is 6.30. The van der Waals surface area contributed by atoms with Crippen LogP contribution in [0.1, 0.15) is 38.2 Å². The van der Waals surface area contributed by atoms with Crippen molar-refractivity contribution < 1.29 is 9.15 Å². The molecule has 2 aromatic rings. The van der Waals surface area contributed by atoms with Gasteiger partial charge in [0.15, 0.2) is 5.43 Å². The van der Waals surface area contributed by atoms with E-state index in [-0.39, 0.29) is 5.43 Å². The Morgan fingerprint density at radius 3 is 2.81 bits per heavy atom. The molecule has 3 nitrogen and oxygen atoms in total. The summed E-state index contributed by atoms with van der Waals surface area (Å²) in [5, 5.41) is 1.67. The van der Waals surface area contributed by atoms with E-state index in [1.807, 2.05) is 6.07 Å². The molecule has 0 saturated heterocycles. The highest BCUT2D eigenvalue weighted by atomic mass is 79.9. The monoisotopic (exact) mass is 352 g/mol. The molecule has 0 amide bonds. The van der Waals surface area contributed by atoms with E-state index in [0.29, 0.717) is 17.6 Å². The summed E-state index contributed by atoms with van der Waals surface area (Å²) in [4.78, 5) is 11.9. The summed E-state index contributed by atoms with van der Waals surface area (Å²) in [6, 6.07) is 5.15. The second-order valence-corrected chi connectivity index (χ2v) is 5.84. The first-order chi connectivity index (χ1) is 10.3. The highest BCUT2D eigenvalue weighted by molar-refractivity contribution is 9.09. The van der Waals surface area contributed by atoms with Crippen LogP contribution in [0.15, 0.2) is 33.7 Å². The first-order valence-corrected chi connectivity index (χ1v) is 8.62. The molecule has 0 aliphatic rings. The lowest BCUT2D eigenvalue weighted by atomic mass is 10.1. The molecule has 0 saturated carbocycles. The number of fused-ring (bicyclic) bond motifs is 1. The molecule has 0 fully saturated rings. The molecule has 0 atom stereocenters. The first-order valence-electron chi connectivity index (χ1n) is 7.50. The van der Waals surface area contributed by atoms with E-state index in [1.165, 1.54) is 12.3 Å². The molecule has 0 N–H and O–H groups in total. The molecule has 0 aliphatic heterocycles. The van der Waals surface area contributed by atoms with Gasteiger partial charge in [0.25, 0.3) is 0 Å². The molecule has 1 heterocycles. The number of aryl methyl sites for hydroxylation is 1. The fourth-order valence-electron chi connectivity index (χ4n) is 2.37. The van der Waals surface area contributed by atoms with Crippen molar-refractivity contribution in [1.82, 2.24) is 0 Å². The third kappa shape index (κ3) is 4.10. The highest BCUT2D eigenvalue weighted by Crippen LogP contribution is 2.28. The molecule has 0 unspecified atom stereocenters. The fourth-order valence-corrected chi connectivity index (χ4v) is 2.77. The minimum atomic E-state index is -0.00234. The van der Waals surface area contributed by atoms with Gasteiger partial charge in [-0.25, -0.2) is 0 Å². The molecule has 1 aromatic carbocycles. The third-order valence-corrected chi connectivity index (χ3v) is 3.98. The van der Waals surface area contributed by atoms with Gasteiger partial charge in [-0.2, -0.15) is 0 Å². The lowest BCUT2D eigenvalue weighted by molar-refractivity contribution is 0.303. The molecular weight excluding hydrogens is 332 g/mol. The molecule has 0 spiro atoms. The zero-order chi connectivity index (χ0) is 15.1. The maximum atomic E-state index is 11.9. The molecule has 0 bridgehead atoms. The van der Waals surface area contributed by atoms with Crippen molar-refractivity contribution in [2.45, 2.75) is 39.0 Å². The average Bonchev–Trinajstić information content (AvgIpc) is 2.49. The topological polar surface area (TPSA) is 39.4 Å². The van der Waals surface area contributed by atoms with Gasteiger partial charge in [0.05, 0.1) is 18.3 Å². The molecule has 21 heavy (non-hydrogen) atoms. The van der Waals surface area contributed by atoms with E-state index < -0.39 is 0 Å². The van der Waals surface area contributed by atoms with Crippen LogP contribution in [0.3, 0.4) is 0 Å². The van der Waals surface area contributed by atoms with Crippen LogP contribution >= 0.6 is 15.9 Å².